The lowest BCUT2D eigenvalue weighted by Gasteiger charge is -2.53. The highest BCUT2D eigenvalue weighted by Gasteiger charge is 2.53. The molecule has 0 radical (unpaired) electrons. The van der Waals surface area contributed by atoms with Crippen LogP contribution in [0.15, 0.2) is 34.9 Å². The smallest absolute Gasteiger partial charge is 0.330 e. The Labute approximate surface area is 194 Å². The predicted molar refractivity (Wildman–Crippen MR) is 123 cm³/mol. The summed E-state index contributed by atoms with van der Waals surface area (Å²) >= 11 is 0. The highest BCUT2D eigenvalue weighted by Crippen LogP contribution is 2.58. The molecule has 1 aromatic heterocycles. The van der Waals surface area contributed by atoms with E-state index in [0.29, 0.717) is 5.82 Å². The number of amides is 1. The minimum atomic E-state index is -0.394. The number of rotatable bonds is 7. The molecule has 2 aromatic rings. The molecule has 0 saturated heterocycles. The minimum absolute atomic E-state index is 0.00688. The lowest BCUT2D eigenvalue weighted by atomic mass is 9.53. The zero-order valence-corrected chi connectivity index (χ0v) is 19.4. The standard InChI is InChI=1S/C26H31N3O4/c1-18-27-24(33-28-18)26-13-10-25(11-14-26,12-15-26)17-29(23(31)20-7-8-20)21-5-3-4-19(16-21)6-9-22(30)32-2/h3-6,9,16,20H,7-8,10-15,17H2,1-2H3/b9-6+. The summed E-state index contributed by atoms with van der Waals surface area (Å²) in [5.74, 6) is 1.47. The maximum Gasteiger partial charge on any atom is 0.330 e. The summed E-state index contributed by atoms with van der Waals surface area (Å²) < 4.78 is 10.3. The van der Waals surface area contributed by atoms with E-state index in [1.54, 1.807) is 6.08 Å². The normalized spacial score (nSPS) is 26.5. The molecule has 1 aromatic carbocycles. The summed E-state index contributed by atoms with van der Waals surface area (Å²) in [6.07, 6.45) is 11.4. The Morgan fingerprint density at radius 1 is 1.18 bits per heavy atom. The number of benzene rings is 1. The number of carbonyl (C=O) groups is 2. The predicted octanol–water partition coefficient (Wildman–Crippen LogP) is 4.60. The molecule has 4 fully saturated rings. The maximum atomic E-state index is 13.4. The molecule has 7 nitrogen and oxygen atoms in total. The number of anilines is 1. The van der Waals surface area contributed by atoms with Crippen molar-refractivity contribution in [2.45, 2.75) is 63.7 Å². The van der Waals surface area contributed by atoms with Crippen LogP contribution in [0.2, 0.25) is 0 Å². The molecule has 1 amide bonds. The summed E-state index contributed by atoms with van der Waals surface area (Å²) in [5.41, 5.74) is 1.91. The number of carbonyl (C=O) groups excluding carboxylic acids is 2. The van der Waals surface area contributed by atoms with Crippen molar-refractivity contribution in [2.75, 3.05) is 18.6 Å². The molecular weight excluding hydrogens is 418 g/mol. The van der Waals surface area contributed by atoms with Crippen LogP contribution in [0, 0.1) is 18.3 Å². The van der Waals surface area contributed by atoms with Crippen molar-refractivity contribution in [3.8, 4) is 0 Å². The molecule has 4 aliphatic rings. The van der Waals surface area contributed by atoms with Gasteiger partial charge in [0.25, 0.3) is 0 Å². The van der Waals surface area contributed by atoms with Crippen LogP contribution in [0.5, 0.6) is 0 Å². The summed E-state index contributed by atoms with van der Waals surface area (Å²) in [5, 5.41) is 4.02. The Bertz CT molecular complexity index is 1060. The van der Waals surface area contributed by atoms with Gasteiger partial charge in [-0.15, -0.1) is 0 Å². The van der Waals surface area contributed by atoms with Crippen LogP contribution in [0.25, 0.3) is 6.08 Å². The van der Waals surface area contributed by atoms with E-state index in [0.717, 1.165) is 75.1 Å². The van der Waals surface area contributed by atoms with E-state index in [4.69, 9.17) is 9.26 Å². The molecule has 4 saturated carbocycles. The number of aryl methyl sites for hydroxylation is 1. The lowest BCUT2D eigenvalue weighted by Crippen LogP contribution is -2.51. The van der Waals surface area contributed by atoms with Gasteiger partial charge >= 0.3 is 5.97 Å². The fourth-order valence-corrected chi connectivity index (χ4v) is 5.54. The SMILES string of the molecule is COC(=O)/C=C/c1cccc(N(CC23CCC(c4nc(C)no4)(CC2)CC3)C(=O)C2CC2)c1. The van der Waals surface area contributed by atoms with Gasteiger partial charge in [0.2, 0.25) is 11.8 Å². The first-order valence-electron chi connectivity index (χ1n) is 11.9. The molecule has 2 bridgehead atoms. The molecule has 0 unspecified atom stereocenters. The largest absolute Gasteiger partial charge is 0.466 e. The molecule has 7 heteroatoms. The van der Waals surface area contributed by atoms with Gasteiger partial charge in [0.15, 0.2) is 5.82 Å². The van der Waals surface area contributed by atoms with Gasteiger partial charge in [-0.2, -0.15) is 4.98 Å². The van der Waals surface area contributed by atoms with Gasteiger partial charge in [0.05, 0.1) is 7.11 Å². The van der Waals surface area contributed by atoms with Crippen LogP contribution in [0.4, 0.5) is 5.69 Å². The molecule has 6 rings (SSSR count). The maximum absolute atomic E-state index is 13.4. The Balaban J connectivity index is 1.36. The number of fused-ring (bicyclic) bond motifs is 3. The third-order valence-electron chi connectivity index (χ3n) is 7.86. The van der Waals surface area contributed by atoms with Crippen molar-refractivity contribution in [1.29, 1.82) is 0 Å². The van der Waals surface area contributed by atoms with Crippen LogP contribution in [0.1, 0.15) is 68.6 Å². The second kappa shape index (κ2) is 8.43. The average Bonchev–Trinajstić information content (AvgIpc) is 3.61. The third kappa shape index (κ3) is 4.33. The van der Waals surface area contributed by atoms with E-state index in [9.17, 15) is 9.59 Å². The summed E-state index contributed by atoms with van der Waals surface area (Å²) in [7, 11) is 1.36. The molecule has 0 N–H and O–H groups in total. The highest BCUT2D eigenvalue weighted by molar-refractivity contribution is 5.97. The van der Waals surface area contributed by atoms with Crippen LogP contribution < -0.4 is 4.90 Å². The molecule has 0 aliphatic heterocycles. The fraction of sp³-hybridized carbons (Fsp3) is 0.538. The number of hydrogen-bond acceptors (Lipinski definition) is 6. The Morgan fingerprint density at radius 2 is 1.91 bits per heavy atom. The number of aromatic nitrogens is 2. The van der Waals surface area contributed by atoms with E-state index >= 15 is 0 Å². The summed E-state index contributed by atoms with van der Waals surface area (Å²) in [4.78, 5) is 31.4. The lowest BCUT2D eigenvalue weighted by molar-refractivity contribution is -0.134. The molecular formula is C26H31N3O4. The van der Waals surface area contributed by atoms with Crippen molar-refractivity contribution < 1.29 is 18.8 Å². The van der Waals surface area contributed by atoms with Crippen molar-refractivity contribution in [3.63, 3.8) is 0 Å². The topological polar surface area (TPSA) is 85.5 Å². The van der Waals surface area contributed by atoms with Gasteiger partial charge in [-0.3, -0.25) is 4.79 Å². The molecule has 33 heavy (non-hydrogen) atoms. The first kappa shape index (κ1) is 21.9. The van der Waals surface area contributed by atoms with E-state index in [2.05, 4.69) is 10.1 Å². The monoisotopic (exact) mass is 449 g/mol. The van der Waals surface area contributed by atoms with Gasteiger partial charge in [0, 0.05) is 29.6 Å². The van der Waals surface area contributed by atoms with Gasteiger partial charge in [-0.25, -0.2) is 4.79 Å². The van der Waals surface area contributed by atoms with Crippen molar-refractivity contribution in [3.05, 3.63) is 47.6 Å². The van der Waals surface area contributed by atoms with Gasteiger partial charge in [-0.1, -0.05) is 17.3 Å². The minimum Gasteiger partial charge on any atom is -0.466 e. The Hall–Kier alpha value is -2.96. The quantitative estimate of drug-likeness (QED) is 0.454. The molecule has 1 heterocycles. The molecule has 0 atom stereocenters. The highest BCUT2D eigenvalue weighted by atomic mass is 16.5. The summed E-state index contributed by atoms with van der Waals surface area (Å²) in [6, 6.07) is 7.88. The van der Waals surface area contributed by atoms with Gasteiger partial charge in [0.1, 0.15) is 0 Å². The Morgan fingerprint density at radius 3 is 2.52 bits per heavy atom. The van der Waals surface area contributed by atoms with Crippen LogP contribution in [-0.2, 0) is 19.7 Å². The first-order chi connectivity index (χ1) is 15.9. The molecule has 174 valence electrons. The van der Waals surface area contributed by atoms with Crippen molar-refractivity contribution in [2.24, 2.45) is 11.3 Å². The number of hydrogen-bond donors (Lipinski definition) is 0. The van der Waals surface area contributed by atoms with E-state index in [-0.39, 0.29) is 22.7 Å². The van der Waals surface area contributed by atoms with Crippen LogP contribution in [-0.4, -0.2) is 35.7 Å². The summed E-state index contributed by atoms with van der Waals surface area (Å²) in [6.45, 7) is 2.61. The van der Waals surface area contributed by atoms with Gasteiger partial charge in [-0.05, 0) is 87.5 Å². The van der Waals surface area contributed by atoms with Crippen molar-refractivity contribution in [1.82, 2.24) is 10.1 Å². The van der Waals surface area contributed by atoms with Crippen LogP contribution in [0.3, 0.4) is 0 Å². The zero-order valence-electron chi connectivity index (χ0n) is 19.4. The number of methoxy groups -OCH3 is 1. The van der Waals surface area contributed by atoms with E-state index < -0.39 is 5.97 Å². The molecule has 4 aliphatic carbocycles. The second-order valence-corrected chi connectivity index (χ2v) is 10.1. The van der Waals surface area contributed by atoms with E-state index in [1.807, 2.05) is 36.1 Å². The Kier molecular flexibility index (Phi) is 5.59. The molecule has 0 spiro atoms. The first-order valence-corrected chi connectivity index (χ1v) is 11.9. The second-order valence-electron chi connectivity index (χ2n) is 10.1. The zero-order chi connectivity index (χ0) is 23.1. The number of ether oxygens (including phenoxy) is 1. The van der Waals surface area contributed by atoms with E-state index in [1.165, 1.54) is 13.2 Å². The number of esters is 1. The third-order valence-corrected chi connectivity index (χ3v) is 7.86. The average molecular weight is 450 g/mol. The fourth-order valence-electron chi connectivity index (χ4n) is 5.54. The number of nitrogens with zero attached hydrogens (tertiary/aromatic N) is 3. The van der Waals surface area contributed by atoms with Crippen molar-refractivity contribution >= 4 is 23.6 Å². The van der Waals surface area contributed by atoms with Crippen LogP contribution >= 0.6 is 0 Å². The van der Waals surface area contributed by atoms with Gasteiger partial charge < -0.3 is 14.2 Å².